The SMILES string of the molecule is CC1CCC2(CC1)NC(=O)N(CC(=O)NCCCN1CCCC(C)C1)C2=O. The van der Waals surface area contributed by atoms with E-state index < -0.39 is 11.6 Å². The fourth-order valence-electron chi connectivity index (χ4n) is 4.63. The molecule has 7 heteroatoms. The van der Waals surface area contributed by atoms with Gasteiger partial charge in [0.05, 0.1) is 0 Å². The van der Waals surface area contributed by atoms with Gasteiger partial charge < -0.3 is 15.5 Å². The van der Waals surface area contributed by atoms with Gasteiger partial charge in [0.25, 0.3) is 5.91 Å². The first kappa shape index (κ1) is 20.1. The van der Waals surface area contributed by atoms with Crippen LogP contribution in [-0.4, -0.2) is 65.9 Å². The topological polar surface area (TPSA) is 81.8 Å². The molecule has 2 saturated heterocycles. The van der Waals surface area contributed by atoms with E-state index in [4.69, 9.17) is 0 Å². The van der Waals surface area contributed by atoms with Crippen LogP contribution in [0.25, 0.3) is 0 Å². The molecule has 1 spiro atoms. The van der Waals surface area contributed by atoms with Crippen molar-refractivity contribution < 1.29 is 14.4 Å². The fourth-order valence-corrected chi connectivity index (χ4v) is 4.63. The number of likely N-dealkylation sites (tertiary alicyclic amines) is 1. The number of amides is 4. The van der Waals surface area contributed by atoms with Crippen molar-refractivity contribution in [1.82, 2.24) is 20.4 Å². The quantitative estimate of drug-likeness (QED) is 0.545. The molecular formula is C20H34N4O3. The average Bonchev–Trinajstić information content (AvgIpc) is 2.86. The van der Waals surface area contributed by atoms with Crippen molar-refractivity contribution in [3.63, 3.8) is 0 Å². The van der Waals surface area contributed by atoms with E-state index in [-0.39, 0.29) is 18.4 Å². The smallest absolute Gasteiger partial charge is 0.325 e. The highest BCUT2D eigenvalue weighted by Crippen LogP contribution is 2.36. The average molecular weight is 379 g/mol. The number of rotatable bonds is 6. The Labute approximate surface area is 162 Å². The zero-order valence-electron chi connectivity index (χ0n) is 16.8. The Balaban J connectivity index is 1.40. The first-order valence-corrected chi connectivity index (χ1v) is 10.5. The summed E-state index contributed by atoms with van der Waals surface area (Å²) in [6, 6.07) is -0.424. The molecule has 27 heavy (non-hydrogen) atoms. The zero-order chi connectivity index (χ0) is 19.4. The highest BCUT2D eigenvalue weighted by molar-refractivity contribution is 6.09. The number of nitrogens with one attached hydrogen (secondary N) is 2. The summed E-state index contributed by atoms with van der Waals surface area (Å²) in [7, 11) is 0. The van der Waals surface area contributed by atoms with Gasteiger partial charge in [-0.2, -0.15) is 0 Å². The van der Waals surface area contributed by atoms with Crippen LogP contribution in [-0.2, 0) is 9.59 Å². The van der Waals surface area contributed by atoms with Crippen LogP contribution in [0.4, 0.5) is 4.79 Å². The molecule has 3 fully saturated rings. The Morgan fingerprint density at radius 3 is 2.63 bits per heavy atom. The lowest BCUT2D eigenvalue weighted by Gasteiger charge is -2.33. The van der Waals surface area contributed by atoms with E-state index in [0.717, 1.165) is 49.7 Å². The second-order valence-electron chi connectivity index (χ2n) is 8.84. The Bertz CT molecular complexity index is 572. The van der Waals surface area contributed by atoms with Crippen LogP contribution in [0.3, 0.4) is 0 Å². The summed E-state index contributed by atoms with van der Waals surface area (Å²) in [5, 5.41) is 5.72. The molecule has 3 rings (SSSR count). The third-order valence-corrected chi connectivity index (χ3v) is 6.39. The van der Waals surface area contributed by atoms with Gasteiger partial charge >= 0.3 is 6.03 Å². The number of carbonyl (C=O) groups is 3. The van der Waals surface area contributed by atoms with Crippen LogP contribution in [0.5, 0.6) is 0 Å². The van der Waals surface area contributed by atoms with E-state index in [2.05, 4.69) is 29.4 Å². The molecule has 0 aromatic carbocycles. The van der Waals surface area contributed by atoms with Gasteiger partial charge in [0.15, 0.2) is 0 Å². The van der Waals surface area contributed by atoms with E-state index in [1.165, 1.54) is 12.8 Å². The highest BCUT2D eigenvalue weighted by atomic mass is 16.2. The van der Waals surface area contributed by atoms with Crippen LogP contribution in [0.1, 0.15) is 58.8 Å². The van der Waals surface area contributed by atoms with Crippen LogP contribution in [0.15, 0.2) is 0 Å². The van der Waals surface area contributed by atoms with Gasteiger partial charge in [-0.1, -0.05) is 13.8 Å². The van der Waals surface area contributed by atoms with Crippen LogP contribution in [0.2, 0.25) is 0 Å². The molecule has 3 aliphatic rings. The summed E-state index contributed by atoms with van der Waals surface area (Å²) < 4.78 is 0. The fraction of sp³-hybridized carbons (Fsp3) is 0.850. The van der Waals surface area contributed by atoms with Crippen LogP contribution in [0, 0.1) is 11.8 Å². The third-order valence-electron chi connectivity index (χ3n) is 6.39. The maximum Gasteiger partial charge on any atom is 0.325 e. The second-order valence-corrected chi connectivity index (χ2v) is 8.84. The normalized spacial score (nSPS) is 32.0. The monoisotopic (exact) mass is 378 g/mol. The van der Waals surface area contributed by atoms with Gasteiger partial charge in [-0.15, -0.1) is 0 Å². The Kier molecular flexibility index (Phi) is 6.40. The molecule has 0 radical (unpaired) electrons. The Hall–Kier alpha value is -1.63. The lowest BCUT2D eigenvalue weighted by Crippen LogP contribution is -2.50. The summed E-state index contributed by atoms with van der Waals surface area (Å²) in [6.45, 7) is 8.11. The minimum atomic E-state index is -0.769. The lowest BCUT2D eigenvalue weighted by atomic mass is 9.77. The number of urea groups is 1. The molecule has 4 amide bonds. The summed E-state index contributed by atoms with van der Waals surface area (Å²) in [6.07, 6.45) is 6.65. The minimum absolute atomic E-state index is 0.178. The van der Waals surface area contributed by atoms with Gasteiger partial charge in [0, 0.05) is 13.1 Å². The molecule has 0 aromatic rings. The molecule has 2 heterocycles. The zero-order valence-corrected chi connectivity index (χ0v) is 16.8. The number of piperidine rings is 1. The van der Waals surface area contributed by atoms with Crippen molar-refractivity contribution in [2.75, 3.05) is 32.7 Å². The maximum absolute atomic E-state index is 12.8. The maximum atomic E-state index is 12.8. The molecule has 0 bridgehead atoms. The van der Waals surface area contributed by atoms with Gasteiger partial charge in [-0.3, -0.25) is 14.5 Å². The number of nitrogens with zero attached hydrogens (tertiary/aromatic N) is 2. The molecular weight excluding hydrogens is 344 g/mol. The Morgan fingerprint density at radius 2 is 1.93 bits per heavy atom. The van der Waals surface area contributed by atoms with Crippen molar-refractivity contribution in [2.24, 2.45) is 11.8 Å². The number of hydrogen-bond acceptors (Lipinski definition) is 4. The van der Waals surface area contributed by atoms with Gasteiger partial charge in [-0.25, -0.2) is 4.79 Å². The molecule has 152 valence electrons. The summed E-state index contributed by atoms with van der Waals surface area (Å²) in [5.74, 6) is 0.854. The molecule has 7 nitrogen and oxygen atoms in total. The van der Waals surface area contributed by atoms with Crippen molar-refractivity contribution in [3.05, 3.63) is 0 Å². The van der Waals surface area contributed by atoms with E-state index in [9.17, 15) is 14.4 Å². The van der Waals surface area contributed by atoms with Gasteiger partial charge in [0.2, 0.25) is 5.91 Å². The van der Waals surface area contributed by atoms with Crippen LogP contribution < -0.4 is 10.6 Å². The molecule has 1 aliphatic carbocycles. The molecule has 0 aromatic heterocycles. The summed E-state index contributed by atoms with van der Waals surface area (Å²) in [4.78, 5) is 40.8. The van der Waals surface area contributed by atoms with E-state index >= 15 is 0 Å². The van der Waals surface area contributed by atoms with Crippen molar-refractivity contribution >= 4 is 17.8 Å². The summed E-state index contributed by atoms with van der Waals surface area (Å²) >= 11 is 0. The van der Waals surface area contributed by atoms with Gasteiger partial charge in [0.1, 0.15) is 12.1 Å². The van der Waals surface area contributed by atoms with Crippen molar-refractivity contribution in [1.29, 1.82) is 0 Å². The largest absolute Gasteiger partial charge is 0.354 e. The first-order chi connectivity index (χ1) is 12.9. The number of hydrogen-bond donors (Lipinski definition) is 2. The highest BCUT2D eigenvalue weighted by Gasteiger charge is 2.52. The van der Waals surface area contributed by atoms with Crippen molar-refractivity contribution in [2.45, 2.75) is 64.3 Å². The van der Waals surface area contributed by atoms with E-state index in [0.29, 0.717) is 25.3 Å². The molecule has 1 unspecified atom stereocenters. The van der Waals surface area contributed by atoms with Gasteiger partial charge in [-0.05, 0) is 69.9 Å². The lowest BCUT2D eigenvalue weighted by molar-refractivity contribution is -0.136. The number of imide groups is 1. The van der Waals surface area contributed by atoms with E-state index in [1.807, 2.05) is 0 Å². The first-order valence-electron chi connectivity index (χ1n) is 10.5. The summed E-state index contributed by atoms with van der Waals surface area (Å²) in [5.41, 5.74) is -0.769. The van der Waals surface area contributed by atoms with Crippen LogP contribution >= 0.6 is 0 Å². The molecule has 2 aliphatic heterocycles. The predicted molar refractivity (Wildman–Crippen MR) is 103 cm³/mol. The molecule has 1 saturated carbocycles. The predicted octanol–water partition coefficient (Wildman–Crippen LogP) is 1.73. The molecule has 2 N–H and O–H groups in total. The standard InChI is InChI=1S/C20H34N4O3/c1-15-6-8-20(9-7-15)18(26)24(19(27)22-20)14-17(25)21-10-4-12-23-11-3-5-16(2)13-23/h15-16H,3-14H2,1-2H3,(H,21,25)(H,22,27). The van der Waals surface area contributed by atoms with Crippen molar-refractivity contribution in [3.8, 4) is 0 Å². The second kappa shape index (κ2) is 8.59. The van der Waals surface area contributed by atoms with E-state index in [1.54, 1.807) is 0 Å². The minimum Gasteiger partial charge on any atom is -0.354 e. The molecule has 1 atom stereocenters. The number of carbonyl (C=O) groups excluding carboxylic acids is 3. The Morgan fingerprint density at radius 1 is 1.19 bits per heavy atom. The third kappa shape index (κ3) is 4.81.